The fraction of sp³-hybridized carbons (Fsp3) is 0.625. The van der Waals surface area contributed by atoms with Gasteiger partial charge in [0, 0.05) is 24.5 Å². The molecule has 3 atom stereocenters. The molecule has 0 spiro atoms. The Morgan fingerprint density at radius 1 is 1.29 bits per heavy atom. The summed E-state index contributed by atoms with van der Waals surface area (Å²) in [6.45, 7) is 9.71. The van der Waals surface area contributed by atoms with Crippen LogP contribution in [0.25, 0.3) is 0 Å². The first-order chi connectivity index (χ1) is 13.6. The zero-order valence-corrected chi connectivity index (χ0v) is 18.3. The van der Waals surface area contributed by atoms with E-state index in [2.05, 4.69) is 50.8 Å². The van der Waals surface area contributed by atoms with Gasteiger partial charge in [-0.05, 0) is 38.5 Å². The molecular formula is C24H35NO2S. The van der Waals surface area contributed by atoms with Crippen LogP contribution >= 0.6 is 11.8 Å². The van der Waals surface area contributed by atoms with Crippen LogP contribution in [-0.4, -0.2) is 35.8 Å². The third-order valence-electron chi connectivity index (χ3n) is 5.67. The van der Waals surface area contributed by atoms with E-state index in [0.717, 1.165) is 49.7 Å². The van der Waals surface area contributed by atoms with Gasteiger partial charge in [0.1, 0.15) is 0 Å². The van der Waals surface area contributed by atoms with Crippen LogP contribution in [0.5, 0.6) is 0 Å². The van der Waals surface area contributed by atoms with Gasteiger partial charge in [-0.1, -0.05) is 49.0 Å². The lowest BCUT2D eigenvalue weighted by Crippen LogP contribution is -2.29. The van der Waals surface area contributed by atoms with Crippen molar-refractivity contribution in [3.05, 3.63) is 48.6 Å². The van der Waals surface area contributed by atoms with Crippen molar-refractivity contribution in [1.82, 2.24) is 0 Å². The van der Waals surface area contributed by atoms with Crippen molar-refractivity contribution in [3.8, 4) is 0 Å². The number of ether oxygens (including phenoxy) is 2. The minimum Gasteiger partial charge on any atom is -0.347 e. The summed E-state index contributed by atoms with van der Waals surface area (Å²) >= 11 is 1.97. The van der Waals surface area contributed by atoms with Gasteiger partial charge < -0.3 is 9.47 Å². The van der Waals surface area contributed by atoms with Crippen LogP contribution in [0.2, 0.25) is 0 Å². The van der Waals surface area contributed by atoms with Crippen molar-refractivity contribution in [2.24, 2.45) is 16.8 Å². The van der Waals surface area contributed by atoms with Gasteiger partial charge in [-0.25, -0.2) is 0 Å². The molecule has 1 aliphatic carbocycles. The van der Waals surface area contributed by atoms with Gasteiger partial charge in [0.2, 0.25) is 0 Å². The summed E-state index contributed by atoms with van der Waals surface area (Å²) in [5.74, 6) is 2.33. The molecule has 2 aliphatic heterocycles. The van der Waals surface area contributed by atoms with E-state index in [1.54, 1.807) is 0 Å². The van der Waals surface area contributed by atoms with Crippen LogP contribution in [0.4, 0.5) is 0 Å². The standard InChI is InChI=1S/C24H35NO2S/c1-4-13-24(26-15-16-27-24)14-12-19(2)10-8-6-5-7-9-11-21-18-28-23(25-21)22-17-20(22)3/h4,6,8-11,20-22H,1,5,7,12-18H2,2-3H3/b8-6+,11-9-,19-10-/t20-,21+,22+/m0/s1. The molecule has 0 aromatic carbocycles. The Hall–Kier alpha value is -1.10. The summed E-state index contributed by atoms with van der Waals surface area (Å²) in [4.78, 5) is 4.87. The summed E-state index contributed by atoms with van der Waals surface area (Å²) < 4.78 is 11.6. The van der Waals surface area contributed by atoms with Gasteiger partial charge in [-0.2, -0.15) is 0 Å². The molecule has 0 amide bonds. The van der Waals surface area contributed by atoms with Crippen LogP contribution in [-0.2, 0) is 9.47 Å². The molecule has 0 aromatic rings. The van der Waals surface area contributed by atoms with Crippen LogP contribution < -0.4 is 0 Å². The van der Waals surface area contributed by atoms with E-state index in [4.69, 9.17) is 14.5 Å². The Morgan fingerprint density at radius 2 is 2.04 bits per heavy atom. The summed E-state index contributed by atoms with van der Waals surface area (Å²) in [6, 6.07) is 0.404. The van der Waals surface area contributed by atoms with E-state index in [1.807, 2.05) is 17.8 Å². The highest BCUT2D eigenvalue weighted by molar-refractivity contribution is 8.14. The quantitative estimate of drug-likeness (QED) is 0.238. The molecule has 2 fully saturated rings. The number of thioether (sulfide) groups is 1. The van der Waals surface area contributed by atoms with E-state index in [1.165, 1.54) is 17.0 Å². The number of unbranched alkanes of at least 4 members (excludes halogenated alkanes) is 1. The Morgan fingerprint density at radius 3 is 2.75 bits per heavy atom. The van der Waals surface area contributed by atoms with Gasteiger partial charge in [0.05, 0.1) is 24.3 Å². The molecular weight excluding hydrogens is 366 g/mol. The topological polar surface area (TPSA) is 30.8 Å². The predicted molar refractivity (Wildman–Crippen MR) is 121 cm³/mol. The molecule has 3 nitrogen and oxygen atoms in total. The summed E-state index contributed by atoms with van der Waals surface area (Å²) in [5.41, 5.74) is 1.36. The van der Waals surface area contributed by atoms with Crippen LogP contribution in [0, 0.1) is 11.8 Å². The number of allylic oxidation sites excluding steroid dienone is 5. The second kappa shape index (κ2) is 10.6. The average molecular weight is 402 g/mol. The lowest BCUT2D eigenvalue weighted by molar-refractivity contribution is -0.158. The Labute approximate surface area is 175 Å². The van der Waals surface area contributed by atoms with Crippen LogP contribution in [0.3, 0.4) is 0 Å². The molecule has 2 heterocycles. The van der Waals surface area contributed by atoms with Crippen molar-refractivity contribution < 1.29 is 9.47 Å². The minimum atomic E-state index is -0.441. The van der Waals surface area contributed by atoms with Crippen molar-refractivity contribution in [2.75, 3.05) is 19.0 Å². The second-order valence-corrected chi connectivity index (χ2v) is 9.25. The molecule has 154 valence electrons. The average Bonchev–Trinajstić information content (AvgIpc) is 3.08. The molecule has 0 unspecified atom stereocenters. The van der Waals surface area contributed by atoms with Crippen molar-refractivity contribution >= 4 is 16.8 Å². The molecule has 0 radical (unpaired) electrons. The third kappa shape index (κ3) is 6.47. The Kier molecular flexibility index (Phi) is 8.19. The summed E-state index contributed by atoms with van der Waals surface area (Å²) in [5, 5.41) is 1.41. The molecule has 4 heteroatoms. The van der Waals surface area contributed by atoms with E-state index in [0.29, 0.717) is 19.3 Å². The van der Waals surface area contributed by atoms with Crippen LogP contribution in [0.1, 0.15) is 52.4 Å². The molecule has 3 rings (SSSR count). The number of rotatable bonds is 11. The van der Waals surface area contributed by atoms with Crippen molar-refractivity contribution in [1.29, 1.82) is 0 Å². The molecule has 0 N–H and O–H groups in total. The molecule has 1 saturated carbocycles. The van der Waals surface area contributed by atoms with Gasteiger partial charge in [0.25, 0.3) is 0 Å². The maximum Gasteiger partial charge on any atom is 0.172 e. The molecule has 1 saturated heterocycles. The lowest BCUT2D eigenvalue weighted by Gasteiger charge is -2.26. The van der Waals surface area contributed by atoms with Crippen molar-refractivity contribution in [3.63, 3.8) is 0 Å². The maximum atomic E-state index is 5.81. The molecule has 0 bridgehead atoms. The largest absolute Gasteiger partial charge is 0.347 e. The van der Waals surface area contributed by atoms with E-state index in [-0.39, 0.29) is 0 Å². The fourth-order valence-electron chi connectivity index (χ4n) is 3.70. The Bertz CT molecular complexity index is 643. The molecule has 3 aliphatic rings. The third-order valence-corrected chi connectivity index (χ3v) is 6.88. The van der Waals surface area contributed by atoms with E-state index < -0.39 is 5.79 Å². The normalized spacial score (nSPS) is 29.7. The molecule has 0 aromatic heterocycles. The summed E-state index contributed by atoms with van der Waals surface area (Å²) in [6.07, 6.45) is 19.2. The number of aliphatic imine (C=N–C) groups is 1. The highest BCUT2D eigenvalue weighted by Gasteiger charge is 2.39. The summed E-state index contributed by atoms with van der Waals surface area (Å²) in [7, 11) is 0. The first-order valence-electron chi connectivity index (χ1n) is 10.7. The van der Waals surface area contributed by atoms with Gasteiger partial charge in [-0.15, -0.1) is 18.3 Å². The fourth-order valence-corrected chi connectivity index (χ4v) is 4.98. The lowest BCUT2D eigenvalue weighted by atomic mass is 10.0. The van der Waals surface area contributed by atoms with Gasteiger partial charge in [-0.3, -0.25) is 4.99 Å². The van der Waals surface area contributed by atoms with Gasteiger partial charge >= 0.3 is 0 Å². The van der Waals surface area contributed by atoms with E-state index in [9.17, 15) is 0 Å². The number of hydrogen-bond acceptors (Lipinski definition) is 4. The Balaban J connectivity index is 1.31. The van der Waals surface area contributed by atoms with E-state index >= 15 is 0 Å². The minimum absolute atomic E-state index is 0.404. The highest BCUT2D eigenvalue weighted by atomic mass is 32.2. The van der Waals surface area contributed by atoms with Gasteiger partial charge in [0.15, 0.2) is 5.79 Å². The number of nitrogens with zero attached hydrogens (tertiary/aromatic N) is 1. The number of hydrogen-bond donors (Lipinski definition) is 0. The second-order valence-electron chi connectivity index (χ2n) is 8.21. The maximum absolute atomic E-state index is 5.81. The molecule has 28 heavy (non-hydrogen) atoms. The monoisotopic (exact) mass is 401 g/mol. The zero-order valence-electron chi connectivity index (χ0n) is 17.4. The van der Waals surface area contributed by atoms with Crippen LogP contribution in [0.15, 0.2) is 53.6 Å². The smallest absolute Gasteiger partial charge is 0.172 e. The first kappa shape index (κ1) is 21.6. The van der Waals surface area contributed by atoms with Crippen molar-refractivity contribution in [2.45, 2.75) is 64.2 Å². The predicted octanol–water partition coefficient (Wildman–Crippen LogP) is 6.09. The highest BCUT2D eigenvalue weighted by Crippen LogP contribution is 2.44. The SMILES string of the molecule is C=CCC1(CC/C(C)=C\C=C\CC/C=C\[C@@H]2CSC([C@@H]3C[C@@H]3C)=N2)OCCO1. The first-order valence-corrected chi connectivity index (χ1v) is 11.7. The zero-order chi connectivity index (χ0) is 19.8.